The second-order valence-electron chi connectivity index (χ2n) is 9.17. The molecule has 0 spiro atoms. The predicted molar refractivity (Wildman–Crippen MR) is 109 cm³/mol. The van der Waals surface area contributed by atoms with Crippen LogP contribution in [0.15, 0.2) is 6.07 Å². The number of nitrogens with zero attached hydrogens (tertiary/aromatic N) is 5. The zero-order valence-electron chi connectivity index (χ0n) is 17.7. The number of anilines is 1. The number of hydrogen-bond donors (Lipinski definition) is 0. The number of amides is 2. The average molecular weight is 402 g/mol. The van der Waals surface area contributed by atoms with Gasteiger partial charge < -0.3 is 14.5 Å². The van der Waals surface area contributed by atoms with Crippen LogP contribution in [0.3, 0.4) is 0 Å². The van der Waals surface area contributed by atoms with Crippen LogP contribution >= 0.6 is 0 Å². The first-order valence-electron chi connectivity index (χ1n) is 10.7. The van der Waals surface area contributed by atoms with Gasteiger partial charge in [0.05, 0.1) is 5.69 Å². The normalized spacial score (nSPS) is 22.0. The van der Waals surface area contributed by atoms with Crippen LogP contribution in [0.25, 0.3) is 0 Å². The second kappa shape index (κ2) is 7.80. The molecule has 8 nitrogen and oxygen atoms in total. The smallest absolute Gasteiger partial charge is 0.410 e. The van der Waals surface area contributed by atoms with Crippen molar-refractivity contribution in [2.45, 2.75) is 64.5 Å². The minimum atomic E-state index is -0.560. The van der Waals surface area contributed by atoms with E-state index in [9.17, 15) is 9.59 Å². The molecule has 0 aromatic carbocycles. The minimum absolute atomic E-state index is 0.0352. The van der Waals surface area contributed by atoms with Gasteiger partial charge in [0.2, 0.25) is 5.91 Å². The van der Waals surface area contributed by atoms with Crippen LogP contribution in [0.5, 0.6) is 0 Å². The minimum Gasteiger partial charge on any atom is -0.444 e. The van der Waals surface area contributed by atoms with E-state index in [0.717, 1.165) is 50.3 Å². The van der Waals surface area contributed by atoms with Crippen LogP contribution in [-0.2, 0) is 22.4 Å². The number of hydrogen-bond acceptors (Lipinski definition) is 6. The van der Waals surface area contributed by atoms with E-state index in [1.54, 1.807) is 4.90 Å². The van der Waals surface area contributed by atoms with E-state index in [4.69, 9.17) is 4.74 Å². The second-order valence-corrected chi connectivity index (χ2v) is 9.17. The van der Waals surface area contributed by atoms with Gasteiger partial charge >= 0.3 is 6.09 Å². The van der Waals surface area contributed by atoms with Crippen molar-refractivity contribution in [2.75, 3.05) is 37.6 Å². The first-order valence-corrected chi connectivity index (χ1v) is 10.7. The highest BCUT2D eigenvalue weighted by Crippen LogP contribution is 2.25. The summed E-state index contributed by atoms with van der Waals surface area (Å²) in [6.45, 7) is 8.86. The fourth-order valence-electron chi connectivity index (χ4n) is 4.40. The molecular weight excluding hydrogens is 370 g/mol. The molecule has 2 saturated heterocycles. The lowest BCUT2D eigenvalue weighted by Gasteiger charge is -2.37. The number of likely N-dealkylation sites (tertiary alicyclic amines) is 1. The molecule has 158 valence electrons. The van der Waals surface area contributed by atoms with Crippen LogP contribution in [0, 0.1) is 0 Å². The van der Waals surface area contributed by atoms with Crippen molar-refractivity contribution in [1.29, 1.82) is 0 Å². The molecule has 0 N–H and O–H groups in total. The Balaban J connectivity index is 1.35. The van der Waals surface area contributed by atoms with E-state index in [1.165, 1.54) is 5.56 Å². The summed E-state index contributed by atoms with van der Waals surface area (Å²) in [6, 6.07) is 1.75. The van der Waals surface area contributed by atoms with Gasteiger partial charge in [-0.3, -0.25) is 9.69 Å². The molecule has 1 aromatic heterocycles. The summed E-state index contributed by atoms with van der Waals surface area (Å²) < 4.78 is 5.49. The standard InChI is InChI=1S/C21H31N5O3/c1-21(2,3)29-20(28)26-9-5-8-17(26)19(27)25-12-10-24(11-13-25)18-14-15-6-4-7-16(15)22-23-18/h14,17H,4-13H2,1-3H3. The number of rotatable bonds is 2. The summed E-state index contributed by atoms with van der Waals surface area (Å²) in [5, 5.41) is 8.77. The van der Waals surface area contributed by atoms with Crippen LogP contribution in [-0.4, -0.2) is 76.4 Å². The fraction of sp³-hybridized carbons (Fsp3) is 0.714. The summed E-state index contributed by atoms with van der Waals surface area (Å²) in [7, 11) is 0. The van der Waals surface area contributed by atoms with Crippen LogP contribution in [0.2, 0.25) is 0 Å². The van der Waals surface area contributed by atoms with Crippen molar-refractivity contribution in [3.63, 3.8) is 0 Å². The van der Waals surface area contributed by atoms with Crippen molar-refractivity contribution < 1.29 is 14.3 Å². The van der Waals surface area contributed by atoms with Crippen molar-refractivity contribution >= 4 is 17.8 Å². The molecule has 2 fully saturated rings. The fourth-order valence-corrected chi connectivity index (χ4v) is 4.40. The van der Waals surface area contributed by atoms with E-state index < -0.39 is 11.6 Å². The van der Waals surface area contributed by atoms with Crippen LogP contribution in [0.4, 0.5) is 10.6 Å². The van der Waals surface area contributed by atoms with Crippen LogP contribution < -0.4 is 4.90 Å². The number of fused-ring (bicyclic) bond motifs is 1. The molecule has 3 heterocycles. The molecule has 3 aliphatic rings. The van der Waals surface area contributed by atoms with E-state index in [-0.39, 0.29) is 12.0 Å². The highest BCUT2D eigenvalue weighted by Gasteiger charge is 2.39. The summed E-state index contributed by atoms with van der Waals surface area (Å²) in [4.78, 5) is 31.3. The highest BCUT2D eigenvalue weighted by atomic mass is 16.6. The number of ether oxygens (including phenoxy) is 1. The van der Waals surface area contributed by atoms with Gasteiger partial charge in [0, 0.05) is 32.7 Å². The highest BCUT2D eigenvalue weighted by molar-refractivity contribution is 5.86. The average Bonchev–Trinajstić information content (AvgIpc) is 3.35. The molecule has 1 unspecified atom stereocenters. The van der Waals surface area contributed by atoms with E-state index in [2.05, 4.69) is 21.2 Å². The Kier molecular flexibility index (Phi) is 5.36. The van der Waals surface area contributed by atoms with Gasteiger partial charge in [0.15, 0.2) is 5.82 Å². The molecule has 2 amide bonds. The molecule has 0 bridgehead atoms. The Labute approximate surface area is 172 Å². The Morgan fingerprint density at radius 2 is 1.79 bits per heavy atom. The van der Waals surface area contributed by atoms with Gasteiger partial charge in [-0.2, -0.15) is 5.10 Å². The van der Waals surface area contributed by atoms with Crippen molar-refractivity contribution in [3.05, 3.63) is 17.3 Å². The Morgan fingerprint density at radius 1 is 1.03 bits per heavy atom. The van der Waals surface area contributed by atoms with E-state index in [1.807, 2.05) is 25.7 Å². The lowest BCUT2D eigenvalue weighted by atomic mass is 10.1. The molecule has 1 atom stereocenters. The van der Waals surface area contributed by atoms with Gasteiger partial charge in [0.25, 0.3) is 0 Å². The molecule has 4 rings (SSSR count). The molecule has 0 saturated carbocycles. The third kappa shape index (κ3) is 4.31. The first-order chi connectivity index (χ1) is 13.8. The van der Waals surface area contributed by atoms with E-state index in [0.29, 0.717) is 26.1 Å². The van der Waals surface area contributed by atoms with Gasteiger partial charge in [-0.05, 0) is 64.5 Å². The zero-order chi connectivity index (χ0) is 20.6. The van der Waals surface area contributed by atoms with Gasteiger partial charge in [-0.1, -0.05) is 0 Å². The maximum atomic E-state index is 13.1. The maximum absolute atomic E-state index is 13.1. The number of carbonyl (C=O) groups is 2. The summed E-state index contributed by atoms with van der Waals surface area (Å²) >= 11 is 0. The Hall–Kier alpha value is -2.38. The topological polar surface area (TPSA) is 78.9 Å². The van der Waals surface area contributed by atoms with Crippen molar-refractivity contribution in [2.24, 2.45) is 0 Å². The SMILES string of the molecule is CC(C)(C)OC(=O)N1CCCC1C(=O)N1CCN(c2cc3c(nn2)CCC3)CC1. The molecular formula is C21H31N5O3. The van der Waals surface area contributed by atoms with Gasteiger partial charge in [0.1, 0.15) is 11.6 Å². The number of aryl methyl sites for hydroxylation is 2. The lowest BCUT2D eigenvalue weighted by molar-refractivity contribution is -0.136. The molecule has 29 heavy (non-hydrogen) atoms. The predicted octanol–water partition coefficient (Wildman–Crippen LogP) is 2.01. The van der Waals surface area contributed by atoms with Crippen molar-refractivity contribution in [1.82, 2.24) is 20.0 Å². The molecule has 8 heteroatoms. The quantitative estimate of drug-likeness (QED) is 0.754. The van der Waals surface area contributed by atoms with Gasteiger partial charge in [-0.15, -0.1) is 5.10 Å². The third-order valence-corrected chi connectivity index (χ3v) is 5.89. The molecule has 1 aromatic rings. The summed E-state index contributed by atoms with van der Waals surface area (Å²) in [6.07, 6.45) is 4.42. The summed E-state index contributed by atoms with van der Waals surface area (Å²) in [5.41, 5.74) is 1.88. The summed E-state index contributed by atoms with van der Waals surface area (Å²) in [5.74, 6) is 0.946. The molecule has 0 radical (unpaired) electrons. The third-order valence-electron chi connectivity index (χ3n) is 5.89. The zero-order valence-corrected chi connectivity index (χ0v) is 17.7. The number of piperazine rings is 1. The Bertz CT molecular complexity index is 783. The molecule has 1 aliphatic carbocycles. The van der Waals surface area contributed by atoms with E-state index >= 15 is 0 Å². The van der Waals surface area contributed by atoms with Gasteiger partial charge in [-0.25, -0.2) is 4.79 Å². The monoisotopic (exact) mass is 401 g/mol. The van der Waals surface area contributed by atoms with Crippen molar-refractivity contribution in [3.8, 4) is 0 Å². The maximum Gasteiger partial charge on any atom is 0.410 e. The largest absolute Gasteiger partial charge is 0.444 e. The van der Waals surface area contributed by atoms with Crippen LogP contribution in [0.1, 0.15) is 51.3 Å². The lowest BCUT2D eigenvalue weighted by Crippen LogP contribution is -2.55. The molecule has 2 aliphatic heterocycles. The Morgan fingerprint density at radius 3 is 2.52 bits per heavy atom. The number of carbonyl (C=O) groups excluding carboxylic acids is 2. The number of aromatic nitrogens is 2. The first kappa shape index (κ1) is 19.9.